The normalized spacial score (nSPS) is 39.0. The fourth-order valence-electron chi connectivity index (χ4n) is 1.87. The van der Waals surface area contributed by atoms with Gasteiger partial charge in [-0.3, -0.25) is 0 Å². The maximum atomic E-state index is 5.46. The first-order valence-electron chi connectivity index (χ1n) is 4.31. The summed E-state index contributed by atoms with van der Waals surface area (Å²) in [6.07, 6.45) is 5.10. The second-order valence-corrected chi connectivity index (χ2v) is 3.49. The Balaban J connectivity index is 2.57. The van der Waals surface area contributed by atoms with E-state index < -0.39 is 0 Å². The van der Waals surface area contributed by atoms with E-state index in [0.29, 0.717) is 6.10 Å². The zero-order chi connectivity index (χ0) is 8.32. The maximum Gasteiger partial charge on any atom is 0.0911 e. The number of hydrogen-bond donors (Lipinski definition) is 0. The quantitative estimate of drug-likeness (QED) is 0.611. The molecule has 0 aromatic heterocycles. The van der Waals surface area contributed by atoms with Crippen LogP contribution in [0.5, 0.6) is 0 Å². The summed E-state index contributed by atoms with van der Waals surface area (Å²) in [6, 6.07) is 0. The Morgan fingerprint density at radius 2 is 2.00 bits per heavy atom. The molecular formula is C9H18O2. The molecule has 0 unspecified atom stereocenters. The Hall–Kier alpha value is -0.0800. The van der Waals surface area contributed by atoms with Gasteiger partial charge in [-0.15, -0.1) is 0 Å². The van der Waals surface area contributed by atoms with Gasteiger partial charge in [0.1, 0.15) is 0 Å². The summed E-state index contributed by atoms with van der Waals surface area (Å²) >= 11 is 0. The first kappa shape index (κ1) is 9.01. The fourth-order valence-corrected chi connectivity index (χ4v) is 1.87. The van der Waals surface area contributed by atoms with Gasteiger partial charge >= 0.3 is 0 Å². The van der Waals surface area contributed by atoms with E-state index in [4.69, 9.17) is 9.47 Å². The van der Waals surface area contributed by atoms with Gasteiger partial charge in [0.05, 0.1) is 11.7 Å². The van der Waals surface area contributed by atoms with Crippen molar-refractivity contribution in [1.29, 1.82) is 0 Å². The van der Waals surface area contributed by atoms with Crippen molar-refractivity contribution in [2.24, 2.45) is 0 Å². The molecule has 2 atom stereocenters. The second kappa shape index (κ2) is 3.55. The molecule has 2 heteroatoms. The van der Waals surface area contributed by atoms with Crippen LogP contribution < -0.4 is 0 Å². The predicted molar refractivity (Wildman–Crippen MR) is 44.7 cm³/mol. The van der Waals surface area contributed by atoms with Crippen molar-refractivity contribution in [2.75, 3.05) is 14.2 Å². The molecule has 0 radical (unpaired) electrons. The number of hydrogen-bond acceptors (Lipinski definition) is 2. The Morgan fingerprint density at radius 3 is 2.45 bits per heavy atom. The van der Waals surface area contributed by atoms with Crippen LogP contribution in [0.1, 0.15) is 32.6 Å². The van der Waals surface area contributed by atoms with Crippen LogP contribution in [-0.4, -0.2) is 25.9 Å². The predicted octanol–water partition coefficient (Wildman–Crippen LogP) is 1.98. The summed E-state index contributed by atoms with van der Waals surface area (Å²) in [6.45, 7) is 2.14. The van der Waals surface area contributed by atoms with E-state index in [1.807, 2.05) is 0 Å². The van der Waals surface area contributed by atoms with Gasteiger partial charge in [0.2, 0.25) is 0 Å². The van der Waals surface area contributed by atoms with Crippen molar-refractivity contribution in [3.8, 4) is 0 Å². The van der Waals surface area contributed by atoms with Gasteiger partial charge in [-0.1, -0.05) is 12.8 Å². The van der Waals surface area contributed by atoms with Crippen LogP contribution in [0.15, 0.2) is 0 Å². The zero-order valence-electron chi connectivity index (χ0n) is 7.72. The molecule has 0 saturated heterocycles. The molecule has 0 aromatic rings. The number of methoxy groups -OCH3 is 2. The van der Waals surface area contributed by atoms with Gasteiger partial charge in [0.15, 0.2) is 0 Å². The van der Waals surface area contributed by atoms with E-state index in [2.05, 4.69) is 6.92 Å². The van der Waals surface area contributed by atoms with E-state index in [1.54, 1.807) is 14.2 Å². The average Bonchev–Trinajstić information content (AvgIpc) is 2.05. The smallest absolute Gasteiger partial charge is 0.0911 e. The van der Waals surface area contributed by atoms with Gasteiger partial charge in [-0.2, -0.15) is 0 Å². The van der Waals surface area contributed by atoms with E-state index in [1.165, 1.54) is 12.8 Å². The minimum atomic E-state index is -0.0347. The summed E-state index contributed by atoms with van der Waals surface area (Å²) in [7, 11) is 3.55. The van der Waals surface area contributed by atoms with Crippen LogP contribution in [0.3, 0.4) is 0 Å². The molecule has 1 saturated carbocycles. The third kappa shape index (κ3) is 1.74. The number of rotatable bonds is 2. The molecule has 0 spiro atoms. The molecule has 0 heterocycles. The van der Waals surface area contributed by atoms with Crippen LogP contribution >= 0.6 is 0 Å². The van der Waals surface area contributed by atoms with Crippen molar-refractivity contribution in [2.45, 2.75) is 44.3 Å². The Morgan fingerprint density at radius 1 is 1.27 bits per heavy atom. The van der Waals surface area contributed by atoms with Crippen LogP contribution in [-0.2, 0) is 9.47 Å². The Bertz CT molecular complexity index is 125. The van der Waals surface area contributed by atoms with Crippen molar-refractivity contribution in [1.82, 2.24) is 0 Å². The van der Waals surface area contributed by atoms with E-state index in [-0.39, 0.29) is 5.60 Å². The standard InChI is InChI=1S/C9H18O2/c1-9(11-3)7-5-4-6-8(9)10-2/h8H,4-7H2,1-3H3/t8-,9+/m0/s1. The molecule has 0 amide bonds. The lowest BCUT2D eigenvalue weighted by atomic mass is 9.83. The summed E-state index contributed by atoms with van der Waals surface area (Å²) in [5, 5.41) is 0. The second-order valence-electron chi connectivity index (χ2n) is 3.49. The maximum absolute atomic E-state index is 5.46. The van der Waals surface area contributed by atoms with Gasteiger partial charge in [-0.25, -0.2) is 0 Å². The highest BCUT2D eigenvalue weighted by Gasteiger charge is 2.36. The van der Waals surface area contributed by atoms with Gasteiger partial charge < -0.3 is 9.47 Å². The van der Waals surface area contributed by atoms with Crippen molar-refractivity contribution >= 4 is 0 Å². The first-order chi connectivity index (χ1) is 5.23. The molecule has 11 heavy (non-hydrogen) atoms. The van der Waals surface area contributed by atoms with Crippen molar-refractivity contribution in [3.05, 3.63) is 0 Å². The average molecular weight is 158 g/mol. The highest BCUT2D eigenvalue weighted by molar-refractivity contribution is 4.88. The minimum absolute atomic E-state index is 0.0347. The molecule has 0 bridgehead atoms. The molecule has 2 nitrogen and oxygen atoms in total. The molecule has 0 N–H and O–H groups in total. The fraction of sp³-hybridized carbons (Fsp3) is 1.00. The summed E-state index contributed by atoms with van der Waals surface area (Å²) in [5.74, 6) is 0. The summed E-state index contributed by atoms with van der Waals surface area (Å²) < 4.78 is 10.8. The molecular weight excluding hydrogens is 140 g/mol. The van der Waals surface area contributed by atoms with Crippen molar-refractivity contribution < 1.29 is 9.47 Å². The molecule has 0 aromatic carbocycles. The summed E-state index contributed by atoms with van der Waals surface area (Å²) in [5.41, 5.74) is -0.0347. The van der Waals surface area contributed by atoms with Gasteiger partial charge in [0.25, 0.3) is 0 Å². The Labute approximate surface area is 68.9 Å². The third-order valence-electron chi connectivity index (χ3n) is 2.82. The largest absolute Gasteiger partial charge is 0.378 e. The zero-order valence-corrected chi connectivity index (χ0v) is 7.72. The molecule has 1 aliphatic rings. The lowest BCUT2D eigenvalue weighted by molar-refractivity contribution is -0.126. The van der Waals surface area contributed by atoms with Crippen LogP contribution in [0, 0.1) is 0 Å². The topological polar surface area (TPSA) is 18.5 Å². The third-order valence-corrected chi connectivity index (χ3v) is 2.82. The molecule has 1 fully saturated rings. The Kier molecular flexibility index (Phi) is 2.90. The van der Waals surface area contributed by atoms with Crippen LogP contribution in [0.25, 0.3) is 0 Å². The van der Waals surface area contributed by atoms with Crippen molar-refractivity contribution in [3.63, 3.8) is 0 Å². The first-order valence-corrected chi connectivity index (χ1v) is 4.31. The summed E-state index contributed by atoms with van der Waals surface area (Å²) in [4.78, 5) is 0. The lowest BCUT2D eigenvalue weighted by Gasteiger charge is -2.39. The van der Waals surface area contributed by atoms with Gasteiger partial charge in [0, 0.05) is 14.2 Å². The van der Waals surface area contributed by atoms with Gasteiger partial charge in [-0.05, 0) is 19.8 Å². The highest BCUT2D eigenvalue weighted by atomic mass is 16.5. The molecule has 66 valence electrons. The van der Waals surface area contributed by atoms with E-state index in [0.717, 1.165) is 12.8 Å². The highest BCUT2D eigenvalue weighted by Crippen LogP contribution is 2.32. The molecule has 1 aliphatic carbocycles. The SMILES string of the molecule is CO[C@H]1CCCC[C@@]1(C)OC. The monoisotopic (exact) mass is 158 g/mol. The molecule has 0 aliphatic heterocycles. The molecule has 1 rings (SSSR count). The minimum Gasteiger partial charge on any atom is -0.378 e. The lowest BCUT2D eigenvalue weighted by Crippen LogP contribution is -2.44. The van der Waals surface area contributed by atoms with E-state index >= 15 is 0 Å². The van der Waals surface area contributed by atoms with Crippen LogP contribution in [0.2, 0.25) is 0 Å². The van der Waals surface area contributed by atoms with Crippen LogP contribution in [0.4, 0.5) is 0 Å². The van der Waals surface area contributed by atoms with E-state index in [9.17, 15) is 0 Å². The number of ether oxygens (including phenoxy) is 2.